The largest absolute Gasteiger partial charge is 0.338 e. The number of rotatable bonds is 8. The summed E-state index contributed by atoms with van der Waals surface area (Å²) in [4.78, 5) is 9.57. The first kappa shape index (κ1) is 33.3. The van der Waals surface area contributed by atoms with Crippen molar-refractivity contribution < 1.29 is 0 Å². The Bertz CT molecular complexity index is 2570. The quantitative estimate of drug-likeness (QED) is 0.155. The topological polar surface area (TPSA) is 13.0 Å². The molecule has 4 heteroatoms. The van der Waals surface area contributed by atoms with E-state index in [4.69, 9.17) is 0 Å². The predicted molar refractivity (Wildman–Crippen MR) is 238 cm³/mol. The van der Waals surface area contributed by atoms with E-state index in [2.05, 4.69) is 238 Å². The Hall–Kier alpha value is -7.30. The Kier molecular flexibility index (Phi) is 8.62. The molecule has 0 amide bonds. The number of hydrogen-bond donors (Lipinski definition) is 0. The van der Waals surface area contributed by atoms with E-state index in [9.17, 15) is 0 Å². The second-order valence-electron chi connectivity index (χ2n) is 14.2. The van der Waals surface area contributed by atoms with E-state index in [1.54, 1.807) is 0 Å². The zero-order valence-electron chi connectivity index (χ0n) is 31.0. The fraction of sp³-hybridized carbons (Fsp3) is 0.0385. The fourth-order valence-corrected chi connectivity index (χ4v) is 8.14. The third-order valence-corrected chi connectivity index (χ3v) is 10.9. The molecule has 56 heavy (non-hydrogen) atoms. The van der Waals surface area contributed by atoms with E-state index in [1.165, 1.54) is 44.3 Å². The number of fused-ring (bicyclic) bond motifs is 3. The Morgan fingerprint density at radius 2 is 0.589 bits per heavy atom. The molecule has 9 aromatic carbocycles. The lowest BCUT2D eigenvalue weighted by atomic mass is 10.1. The Balaban J connectivity index is 0.948. The van der Waals surface area contributed by atoms with Crippen LogP contribution in [0.3, 0.4) is 0 Å². The molecule has 0 saturated heterocycles. The highest BCUT2D eigenvalue weighted by molar-refractivity contribution is 5.91. The number of benzene rings is 9. The van der Waals surface area contributed by atoms with Crippen molar-refractivity contribution in [2.45, 2.75) is 0 Å². The average Bonchev–Trinajstić information content (AvgIpc) is 3.27. The van der Waals surface area contributed by atoms with E-state index in [1.807, 2.05) is 0 Å². The molecule has 9 aromatic rings. The van der Waals surface area contributed by atoms with Gasteiger partial charge in [0.2, 0.25) is 0 Å². The number of hydrogen-bond acceptors (Lipinski definition) is 4. The van der Waals surface area contributed by atoms with Crippen molar-refractivity contribution in [1.82, 2.24) is 0 Å². The molecule has 1 heterocycles. The number of para-hydroxylation sites is 4. The fourth-order valence-electron chi connectivity index (χ4n) is 8.14. The number of anilines is 10. The lowest BCUT2D eigenvalue weighted by molar-refractivity contribution is 0.850. The lowest BCUT2D eigenvalue weighted by Gasteiger charge is -2.39. The smallest absolute Gasteiger partial charge is 0.0652 e. The molecule has 0 spiro atoms. The second-order valence-corrected chi connectivity index (χ2v) is 14.2. The highest BCUT2D eigenvalue weighted by atomic mass is 15.3. The second kappa shape index (κ2) is 14.5. The van der Waals surface area contributed by atoms with Crippen LogP contribution in [-0.4, -0.2) is 13.1 Å². The first-order valence-electron chi connectivity index (χ1n) is 19.3. The van der Waals surface area contributed by atoms with Crippen LogP contribution in [-0.2, 0) is 0 Å². The monoisotopic (exact) mass is 720 g/mol. The van der Waals surface area contributed by atoms with E-state index in [0.29, 0.717) is 0 Å². The summed E-state index contributed by atoms with van der Waals surface area (Å²) in [6.07, 6.45) is 0. The molecule has 0 fully saturated rings. The van der Waals surface area contributed by atoms with Crippen molar-refractivity contribution in [1.29, 1.82) is 0 Å². The molecule has 0 saturated carbocycles. The van der Waals surface area contributed by atoms with Gasteiger partial charge in [0.1, 0.15) is 0 Å². The molecule has 4 nitrogen and oxygen atoms in total. The lowest BCUT2D eigenvalue weighted by Crippen LogP contribution is -2.36. The Morgan fingerprint density at radius 1 is 0.268 bits per heavy atom. The maximum atomic E-state index is 2.45. The number of nitrogens with zero attached hydrogens (tertiary/aromatic N) is 4. The summed E-state index contributed by atoms with van der Waals surface area (Å²) in [5, 5.41) is 4.93. The molecule has 0 atom stereocenters. The average molecular weight is 721 g/mol. The maximum Gasteiger partial charge on any atom is 0.0652 e. The summed E-state index contributed by atoms with van der Waals surface area (Å²) >= 11 is 0. The molecule has 0 bridgehead atoms. The van der Waals surface area contributed by atoms with Crippen LogP contribution in [0.4, 0.5) is 56.9 Å². The van der Waals surface area contributed by atoms with Gasteiger partial charge in [-0.2, -0.15) is 0 Å². The molecule has 1 aliphatic rings. The third kappa shape index (κ3) is 6.27. The third-order valence-electron chi connectivity index (χ3n) is 10.9. The Labute approximate surface area is 328 Å². The van der Waals surface area contributed by atoms with Crippen molar-refractivity contribution in [3.8, 4) is 0 Å². The van der Waals surface area contributed by atoms with Crippen LogP contribution in [0.15, 0.2) is 218 Å². The van der Waals surface area contributed by atoms with Crippen molar-refractivity contribution in [2.75, 3.05) is 32.7 Å². The summed E-state index contributed by atoms with van der Waals surface area (Å²) in [6, 6.07) is 78.6. The van der Waals surface area contributed by atoms with Gasteiger partial charge in [-0.3, -0.25) is 0 Å². The van der Waals surface area contributed by atoms with E-state index in [0.717, 1.165) is 47.2 Å². The zero-order chi connectivity index (χ0) is 37.3. The van der Waals surface area contributed by atoms with Crippen LogP contribution in [0.1, 0.15) is 0 Å². The first-order valence-corrected chi connectivity index (χ1v) is 19.3. The van der Waals surface area contributed by atoms with Crippen molar-refractivity contribution >= 4 is 78.4 Å². The molecule has 0 N–H and O–H groups in total. The van der Waals surface area contributed by atoms with Crippen LogP contribution in [0.25, 0.3) is 21.5 Å². The minimum Gasteiger partial charge on any atom is -0.338 e. The van der Waals surface area contributed by atoms with Gasteiger partial charge in [0.05, 0.1) is 11.4 Å². The van der Waals surface area contributed by atoms with Gasteiger partial charge in [-0.25, -0.2) is 0 Å². The minimum absolute atomic E-state index is 0.860. The van der Waals surface area contributed by atoms with E-state index < -0.39 is 0 Å². The highest BCUT2D eigenvalue weighted by Crippen LogP contribution is 2.44. The normalized spacial score (nSPS) is 12.4. The van der Waals surface area contributed by atoms with Crippen molar-refractivity contribution in [2.24, 2.45) is 0 Å². The maximum absolute atomic E-state index is 2.45. The molecule has 0 aromatic heterocycles. The molecule has 10 rings (SSSR count). The highest BCUT2D eigenvalue weighted by Gasteiger charge is 2.25. The minimum atomic E-state index is 0.860. The van der Waals surface area contributed by atoms with Crippen LogP contribution in [0.2, 0.25) is 0 Å². The summed E-state index contributed by atoms with van der Waals surface area (Å²) in [5.74, 6) is 0. The van der Waals surface area contributed by atoms with Crippen LogP contribution < -0.4 is 19.6 Å². The van der Waals surface area contributed by atoms with Crippen LogP contribution >= 0.6 is 0 Å². The SMILES string of the molecule is c1ccc(N(c2ccc(N3CCN(c4ccc(N(c5ccccc5)c5ccc6ccccc6c5)cc4)c4ccccc43)cc2)c2ccc3ccccc3c2)cc1. The molecule has 0 radical (unpaired) electrons. The summed E-state index contributed by atoms with van der Waals surface area (Å²) in [7, 11) is 0. The van der Waals surface area contributed by atoms with Gasteiger partial charge in [0.25, 0.3) is 0 Å². The van der Waals surface area contributed by atoms with Gasteiger partial charge in [0, 0.05) is 58.6 Å². The predicted octanol–water partition coefficient (Wildman–Crippen LogP) is 14.2. The van der Waals surface area contributed by atoms with Gasteiger partial charge in [-0.15, -0.1) is 0 Å². The summed E-state index contributed by atoms with van der Waals surface area (Å²) < 4.78 is 0. The van der Waals surface area contributed by atoms with Gasteiger partial charge >= 0.3 is 0 Å². The molecule has 268 valence electrons. The standard InChI is InChI=1S/C52H40N4/c1-3-17-45(18-4-1)55(49-25-23-39-13-7-9-15-41(39)37-49)47-31-27-43(28-32-47)53-35-36-54(52-22-12-11-21-51(52)53)44-29-33-48(34-30-44)56(46-19-5-2-6-20-46)50-26-24-40-14-8-10-16-42(40)38-50/h1-34,37-38H,35-36H2. The van der Waals surface area contributed by atoms with E-state index >= 15 is 0 Å². The molecule has 0 aliphatic carbocycles. The molecule has 0 unspecified atom stereocenters. The first-order chi connectivity index (χ1) is 27.8. The zero-order valence-corrected chi connectivity index (χ0v) is 31.0. The van der Waals surface area contributed by atoms with E-state index in [-0.39, 0.29) is 0 Å². The van der Waals surface area contributed by atoms with Crippen molar-refractivity contribution in [3.05, 3.63) is 218 Å². The van der Waals surface area contributed by atoms with Gasteiger partial charge in [-0.1, -0.05) is 109 Å². The summed E-state index contributed by atoms with van der Waals surface area (Å²) in [6.45, 7) is 1.72. The molecular formula is C52H40N4. The Morgan fingerprint density at radius 3 is 1.00 bits per heavy atom. The van der Waals surface area contributed by atoms with Crippen molar-refractivity contribution in [3.63, 3.8) is 0 Å². The summed E-state index contributed by atoms with van der Waals surface area (Å²) in [5.41, 5.74) is 11.5. The van der Waals surface area contributed by atoms with Crippen LogP contribution in [0, 0.1) is 0 Å². The van der Waals surface area contributed by atoms with Gasteiger partial charge in [0.15, 0.2) is 0 Å². The van der Waals surface area contributed by atoms with Gasteiger partial charge < -0.3 is 19.6 Å². The van der Waals surface area contributed by atoms with Crippen LogP contribution in [0.5, 0.6) is 0 Å². The molecule has 1 aliphatic heterocycles. The molecular weight excluding hydrogens is 681 g/mol. The van der Waals surface area contributed by atoms with Gasteiger partial charge in [-0.05, 0) is 131 Å².